The molecule has 0 heterocycles. The van der Waals surface area contributed by atoms with Gasteiger partial charge in [-0.2, -0.15) is 0 Å². The average molecular weight is 1030 g/mol. The Morgan fingerprint density at radius 2 is 0.500 bits per heavy atom. The van der Waals surface area contributed by atoms with Gasteiger partial charge >= 0.3 is 118 Å². The molecule has 8 aromatic carbocycles. The first-order valence-corrected chi connectivity index (χ1v) is 26.5. The van der Waals surface area contributed by atoms with Crippen molar-refractivity contribution in [3.8, 4) is 11.1 Å². The molecule has 0 spiro atoms. The zero-order chi connectivity index (χ0) is 44.2. The molecule has 0 bridgehead atoms. The fraction of sp³-hybridized carbons (Fsp3) is 0. The Morgan fingerprint density at radius 3 is 0.758 bits per heavy atom. The summed E-state index contributed by atoms with van der Waals surface area (Å²) >= 11 is 0. The van der Waals surface area contributed by atoms with Crippen molar-refractivity contribution >= 4 is 110 Å². The summed E-state index contributed by atoms with van der Waals surface area (Å²) in [6, 6.07) is 41.7. The van der Waals surface area contributed by atoms with E-state index in [9.17, 15) is 51.9 Å². The van der Waals surface area contributed by atoms with Gasteiger partial charge in [0.1, 0.15) is 40.5 Å². The fourth-order valence-electron chi connectivity index (χ4n) is 7.61. The van der Waals surface area contributed by atoms with E-state index in [1.807, 2.05) is 0 Å². The van der Waals surface area contributed by atoms with Crippen LogP contribution in [0.25, 0.3) is 32.7 Å². The Morgan fingerprint density at radius 1 is 0.273 bits per heavy atom. The number of rotatable bonds is 11. The predicted molar refractivity (Wildman–Crippen MR) is 236 cm³/mol. The smallest absolute Gasteiger partial charge is 0.744 e. The van der Waals surface area contributed by atoms with Crippen molar-refractivity contribution in [1.82, 2.24) is 0 Å². The van der Waals surface area contributed by atoms with Gasteiger partial charge in [-0.25, -0.2) is 33.7 Å². The normalized spacial score (nSPS) is 11.9. The molecule has 0 aliphatic carbocycles. The minimum absolute atomic E-state index is 0. The number of benzene rings is 8. The van der Waals surface area contributed by atoms with Gasteiger partial charge in [0.2, 0.25) is 0 Å². The molecule has 0 fully saturated rings. The largest absolute Gasteiger partial charge is 1.00 e. The van der Waals surface area contributed by atoms with Crippen LogP contribution in [0.5, 0.6) is 0 Å². The molecule has 0 saturated carbocycles. The van der Waals surface area contributed by atoms with Crippen LogP contribution < -0.4 is 150 Å². The van der Waals surface area contributed by atoms with Gasteiger partial charge < -0.3 is 18.2 Å². The van der Waals surface area contributed by atoms with Crippen molar-refractivity contribution < 1.29 is 170 Å². The second-order valence-corrected chi connectivity index (χ2v) is 23.3. The second kappa shape index (κ2) is 22.9. The third-order valence-electron chi connectivity index (χ3n) is 10.0. The minimum Gasteiger partial charge on any atom is -0.744 e. The van der Waals surface area contributed by atoms with Gasteiger partial charge in [-0.3, -0.25) is 0 Å². The van der Waals surface area contributed by atoms with Crippen molar-refractivity contribution in [3.63, 3.8) is 0 Å². The first-order valence-electron chi connectivity index (χ1n) is 18.2. The monoisotopic (exact) mass is 1030 g/mol. The molecule has 0 atom stereocenters. The summed E-state index contributed by atoms with van der Waals surface area (Å²) in [4.78, 5) is -2.69. The van der Waals surface area contributed by atoms with Crippen molar-refractivity contribution in [3.05, 3.63) is 170 Å². The summed E-state index contributed by atoms with van der Waals surface area (Å²) in [5.41, 5.74) is 0.629. The molecule has 22 heteroatoms. The summed E-state index contributed by atoms with van der Waals surface area (Å²) in [5, 5.41) is 2.25. The molecule has 66 heavy (non-hydrogen) atoms. The minimum atomic E-state index is -5.26. The van der Waals surface area contributed by atoms with Crippen molar-refractivity contribution in [2.45, 2.75) is 19.6 Å². The van der Waals surface area contributed by atoms with Crippen molar-refractivity contribution in [2.24, 2.45) is 0 Å². The van der Waals surface area contributed by atoms with Crippen LogP contribution in [0.1, 0.15) is 0 Å². The summed E-state index contributed by atoms with van der Waals surface area (Å²) in [5.74, 6) is 0. The third kappa shape index (κ3) is 11.8. The van der Waals surface area contributed by atoms with Crippen molar-refractivity contribution in [1.29, 1.82) is 0 Å². The zero-order valence-electron chi connectivity index (χ0n) is 35.6. The Kier molecular flexibility index (Phi) is 19.9. The second-order valence-electron chi connectivity index (χ2n) is 13.7. The van der Waals surface area contributed by atoms with E-state index in [-0.39, 0.29) is 150 Å². The maximum Gasteiger partial charge on any atom is 1.00 e. The zero-order valence-corrected chi connectivity index (χ0v) is 48.6. The standard InChI is InChI=1S/C44H32O12P2S4.4Na/c45-59(46,47)39-21-9-5-17-33(39)57(34-18-6-10-22-40(34)60(48,49)50)37-27-25-29-13-1-3-15-31(29)43(37)44-32-16-4-2-14-30(32)26-28-38(44)58(35-19-7-11-23-41(35)61(51,52)53)36-20-8-12-24-42(36)62(54,55)56;;;;/h1-28H,(H,45,46,47)(H,48,49,50)(H,51,52,53)(H,54,55,56);;;;/q;4*+1/p-4. The molecular weight excluding hydrogens is 1000 g/mol. The van der Waals surface area contributed by atoms with Crippen LogP contribution in [0.4, 0.5) is 0 Å². The molecule has 8 rings (SSSR count). The van der Waals surface area contributed by atoms with Gasteiger partial charge in [-0.05, 0) is 83.4 Å². The Hall–Kier alpha value is -1.22. The number of hydrogen-bond acceptors (Lipinski definition) is 12. The molecule has 0 aliphatic rings. The summed E-state index contributed by atoms with van der Waals surface area (Å²) in [7, 11) is -26.1. The molecule has 0 aromatic heterocycles. The molecule has 0 amide bonds. The van der Waals surface area contributed by atoms with E-state index in [1.54, 1.807) is 72.8 Å². The van der Waals surface area contributed by atoms with Gasteiger partial charge in [0.25, 0.3) is 0 Å². The number of fused-ring (bicyclic) bond motifs is 2. The van der Waals surface area contributed by atoms with E-state index < -0.39 is 75.9 Å². The van der Waals surface area contributed by atoms with Gasteiger partial charge in [0.15, 0.2) is 0 Å². The van der Waals surface area contributed by atoms with E-state index in [0.717, 1.165) is 24.3 Å². The van der Waals surface area contributed by atoms with E-state index in [1.165, 1.54) is 72.8 Å². The fourth-order valence-corrected chi connectivity index (χ4v) is 17.4. The molecule has 0 aliphatic heterocycles. The predicted octanol–water partition coefficient (Wildman–Crippen LogP) is -7.19. The van der Waals surface area contributed by atoms with Gasteiger partial charge in [0.05, 0.1) is 19.6 Å². The topological polar surface area (TPSA) is 229 Å². The number of hydrogen-bond donors (Lipinski definition) is 0. The average Bonchev–Trinajstić information content (AvgIpc) is 3.23. The van der Waals surface area contributed by atoms with Gasteiger partial charge in [0, 0.05) is 21.2 Å². The van der Waals surface area contributed by atoms with Crippen molar-refractivity contribution in [2.75, 3.05) is 0 Å². The van der Waals surface area contributed by atoms with Crippen LogP contribution in [0.15, 0.2) is 189 Å². The van der Waals surface area contributed by atoms with Crippen LogP contribution in [-0.2, 0) is 40.5 Å². The third-order valence-corrected chi connectivity index (χ3v) is 19.4. The Bertz CT molecular complexity index is 3200. The Labute approximate surface area is 473 Å². The van der Waals surface area contributed by atoms with E-state index in [0.29, 0.717) is 32.7 Å². The van der Waals surface area contributed by atoms with Gasteiger partial charge in [-0.1, -0.05) is 146 Å². The van der Waals surface area contributed by atoms with Gasteiger partial charge in [-0.15, -0.1) is 0 Å². The molecule has 12 nitrogen and oxygen atoms in total. The van der Waals surface area contributed by atoms with E-state index in [2.05, 4.69) is 0 Å². The Balaban J connectivity index is 0.00000238. The maximum atomic E-state index is 13.1. The molecule has 8 aromatic rings. The molecular formula is C44H28Na4O12P2S4. The SMILES string of the molecule is O=S(=O)([O-])c1ccccc1P(c1ccccc1S(=O)(=O)[O-])c1ccc2ccccc2c1-c1c(P(c2ccccc2S(=O)(=O)[O-])c2ccccc2S(=O)(=O)[O-])ccc2ccccc12.[Na+].[Na+].[Na+].[Na+]. The maximum absolute atomic E-state index is 13.1. The van der Waals surface area contributed by atoms with Crippen LogP contribution in [0, 0.1) is 0 Å². The van der Waals surface area contributed by atoms with E-state index in [4.69, 9.17) is 0 Å². The molecule has 0 saturated heterocycles. The summed E-state index contributed by atoms with van der Waals surface area (Å²) < 4.78 is 157. The van der Waals surface area contributed by atoms with Crippen LogP contribution in [-0.4, -0.2) is 51.9 Å². The molecule has 314 valence electrons. The van der Waals surface area contributed by atoms with E-state index >= 15 is 0 Å². The van der Waals surface area contributed by atoms with Crippen LogP contribution in [0.2, 0.25) is 0 Å². The first-order chi connectivity index (χ1) is 29.4. The van der Waals surface area contributed by atoms with Crippen LogP contribution >= 0.6 is 15.8 Å². The summed E-state index contributed by atoms with van der Waals surface area (Å²) in [6.07, 6.45) is 0. The molecule has 0 N–H and O–H groups in total. The molecule has 0 radical (unpaired) electrons. The quantitative estimate of drug-likeness (QED) is 0.0669. The van der Waals surface area contributed by atoms with Crippen LogP contribution in [0.3, 0.4) is 0 Å². The first kappa shape index (κ1) is 57.4. The molecule has 0 unspecified atom stereocenters. The summed E-state index contributed by atoms with van der Waals surface area (Å²) in [6.45, 7) is 0.